The quantitative estimate of drug-likeness (QED) is 0.805. The summed E-state index contributed by atoms with van der Waals surface area (Å²) >= 11 is 0. The second kappa shape index (κ2) is 7.90. The van der Waals surface area contributed by atoms with E-state index in [0.29, 0.717) is 11.7 Å². The van der Waals surface area contributed by atoms with Gasteiger partial charge in [0.15, 0.2) is 6.10 Å². The van der Waals surface area contributed by atoms with Crippen LogP contribution in [0.4, 0.5) is 0 Å². The molecule has 0 fully saturated rings. The van der Waals surface area contributed by atoms with Gasteiger partial charge in [0.2, 0.25) is 0 Å². The van der Waals surface area contributed by atoms with Crippen molar-refractivity contribution in [3.63, 3.8) is 0 Å². The van der Waals surface area contributed by atoms with Crippen LogP contribution in [-0.4, -0.2) is 29.8 Å². The van der Waals surface area contributed by atoms with Crippen molar-refractivity contribution in [2.75, 3.05) is 6.61 Å². The third-order valence-electron chi connectivity index (χ3n) is 3.03. The highest BCUT2D eigenvalue weighted by Gasteiger charge is 2.19. The Balaban J connectivity index is 2.51. The van der Waals surface area contributed by atoms with Crippen LogP contribution >= 0.6 is 0 Å². The highest BCUT2D eigenvalue weighted by atomic mass is 16.5. The lowest BCUT2D eigenvalue weighted by molar-refractivity contribution is -0.128. The van der Waals surface area contributed by atoms with Gasteiger partial charge in [-0.3, -0.25) is 4.79 Å². The number of rotatable bonds is 7. The Morgan fingerprint density at radius 3 is 2.35 bits per heavy atom. The topological polar surface area (TPSA) is 58.6 Å². The fourth-order valence-corrected chi connectivity index (χ4v) is 1.94. The van der Waals surface area contributed by atoms with Gasteiger partial charge in [0.25, 0.3) is 5.91 Å². The molecule has 112 valence electrons. The second-order valence-electron chi connectivity index (χ2n) is 5.59. The fraction of sp³-hybridized carbons (Fsp3) is 0.562. The van der Waals surface area contributed by atoms with Gasteiger partial charge in [-0.1, -0.05) is 31.5 Å². The second-order valence-corrected chi connectivity index (χ2v) is 5.59. The van der Waals surface area contributed by atoms with E-state index in [1.165, 1.54) is 0 Å². The Hall–Kier alpha value is -1.55. The zero-order valence-electron chi connectivity index (χ0n) is 12.7. The molecule has 4 nitrogen and oxygen atoms in total. The molecule has 0 bridgehead atoms. The number of aryl methyl sites for hydroxylation is 1. The van der Waals surface area contributed by atoms with Gasteiger partial charge in [-0.15, -0.1) is 0 Å². The number of ether oxygens (including phenoxy) is 1. The molecule has 1 aromatic rings. The SMILES string of the molecule is Cc1ccc(OC(C)C(=O)NC(CO)CC(C)C)cc1. The molecule has 2 N–H and O–H groups in total. The van der Waals surface area contributed by atoms with Crippen LogP contribution in [0, 0.1) is 12.8 Å². The lowest BCUT2D eigenvalue weighted by Crippen LogP contribution is -2.44. The van der Waals surface area contributed by atoms with Crippen LogP contribution in [0.15, 0.2) is 24.3 Å². The zero-order valence-corrected chi connectivity index (χ0v) is 12.7. The third-order valence-corrected chi connectivity index (χ3v) is 3.03. The number of carbonyl (C=O) groups is 1. The minimum Gasteiger partial charge on any atom is -0.481 e. The summed E-state index contributed by atoms with van der Waals surface area (Å²) < 4.78 is 5.59. The number of amides is 1. The highest BCUT2D eigenvalue weighted by Crippen LogP contribution is 2.13. The maximum absolute atomic E-state index is 12.0. The smallest absolute Gasteiger partial charge is 0.261 e. The van der Waals surface area contributed by atoms with Crippen LogP contribution in [0.25, 0.3) is 0 Å². The predicted octanol–water partition coefficient (Wildman–Crippen LogP) is 2.29. The summed E-state index contributed by atoms with van der Waals surface area (Å²) in [6, 6.07) is 7.35. The van der Waals surface area contributed by atoms with Crippen LogP contribution in [0.5, 0.6) is 5.75 Å². The van der Waals surface area contributed by atoms with Crippen molar-refractivity contribution in [1.29, 1.82) is 0 Å². The van der Waals surface area contributed by atoms with Crippen LogP contribution in [-0.2, 0) is 4.79 Å². The summed E-state index contributed by atoms with van der Waals surface area (Å²) in [4.78, 5) is 12.0. The van der Waals surface area contributed by atoms with Crippen molar-refractivity contribution in [1.82, 2.24) is 5.32 Å². The molecule has 0 radical (unpaired) electrons. The molecule has 0 saturated heterocycles. The average Bonchev–Trinajstić information content (AvgIpc) is 2.39. The van der Waals surface area contributed by atoms with Crippen molar-refractivity contribution >= 4 is 5.91 Å². The molecule has 1 rings (SSSR count). The van der Waals surface area contributed by atoms with E-state index in [-0.39, 0.29) is 18.6 Å². The lowest BCUT2D eigenvalue weighted by Gasteiger charge is -2.21. The molecule has 0 heterocycles. The maximum Gasteiger partial charge on any atom is 0.261 e. The van der Waals surface area contributed by atoms with Gasteiger partial charge < -0.3 is 15.2 Å². The van der Waals surface area contributed by atoms with Gasteiger partial charge in [0.05, 0.1) is 12.6 Å². The molecule has 1 amide bonds. The van der Waals surface area contributed by atoms with Gasteiger partial charge in [0, 0.05) is 0 Å². The Labute approximate surface area is 121 Å². The van der Waals surface area contributed by atoms with E-state index < -0.39 is 6.10 Å². The van der Waals surface area contributed by atoms with Crippen molar-refractivity contribution in [3.8, 4) is 5.75 Å². The molecule has 2 unspecified atom stereocenters. The van der Waals surface area contributed by atoms with Crippen molar-refractivity contribution in [2.45, 2.75) is 46.3 Å². The van der Waals surface area contributed by atoms with E-state index in [1.54, 1.807) is 6.92 Å². The lowest BCUT2D eigenvalue weighted by atomic mass is 10.0. The Morgan fingerprint density at radius 1 is 1.25 bits per heavy atom. The first-order chi connectivity index (χ1) is 9.42. The highest BCUT2D eigenvalue weighted by molar-refractivity contribution is 5.81. The first kappa shape index (κ1) is 16.5. The Kier molecular flexibility index (Phi) is 6.52. The van der Waals surface area contributed by atoms with Gasteiger partial charge in [-0.2, -0.15) is 0 Å². The zero-order chi connectivity index (χ0) is 15.1. The first-order valence-corrected chi connectivity index (χ1v) is 7.07. The molecule has 4 heteroatoms. The monoisotopic (exact) mass is 279 g/mol. The largest absolute Gasteiger partial charge is 0.481 e. The summed E-state index contributed by atoms with van der Waals surface area (Å²) in [5.74, 6) is 0.883. The first-order valence-electron chi connectivity index (χ1n) is 7.07. The van der Waals surface area contributed by atoms with E-state index in [2.05, 4.69) is 19.2 Å². The standard InChI is InChI=1S/C16H25NO3/c1-11(2)9-14(10-18)17-16(19)13(4)20-15-7-5-12(3)6-8-15/h5-8,11,13-14,18H,9-10H2,1-4H3,(H,17,19). The van der Waals surface area contributed by atoms with E-state index in [1.807, 2.05) is 31.2 Å². The van der Waals surface area contributed by atoms with Gasteiger partial charge >= 0.3 is 0 Å². The fourth-order valence-electron chi connectivity index (χ4n) is 1.94. The third kappa shape index (κ3) is 5.61. The minimum atomic E-state index is -0.584. The van der Waals surface area contributed by atoms with Crippen molar-refractivity contribution in [3.05, 3.63) is 29.8 Å². The number of benzene rings is 1. The van der Waals surface area contributed by atoms with Gasteiger partial charge in [-0.05, 0) is 38.3 Å². The average molecular weight is 279 g/mol. The van der Waals surface area contributed by atoms with Crippen LogP contribution in [0.1, 0.15) is 32.8 Å². The van der Waals surface area contributed by atoms with Crippen LogP contribution in [0.3, 0.4) is 0 Å². The van der Waals surface area contributed by atoms with Crippen molar-refractivity contribution < 1.29 is 14.6 Å². The molecule has 0 aromatic heterocycles. The van der Waals surface area contributed by atoms with Crippen LogP contribution < -0.4 is 10.1 Å². The predicted molar refractivity (Wildman–Crippen MR) is 79.7 cm³/mol. The molecular formula is C16H25NO3. The summed E-state index contributed by atoms with van der Waals surface area (Å²) in [5.41, 5.74) is 1.15. The molecule has 0 aliphatic rings. The molecule has 2 atom stereocenters. The van der Waals surface area contributed by atoms with E-state index in [9.17, 15) is 9.90 Å². The number of nitrogens with one attached hydrogen (secondary N) is 1. The maximum atomic E-state index is 12.0. The Bertz CT molecular complexity index is 414. The number of carbonyl (C=O) groups excluding carboxylic acids is 1. The van der Waals surface area contributed by atoms with Gasteiger partial charge in [-0.25, -0.2) is 0 Å². The van der Waals surface area contributed by atoms with Crippen LogP contribution in [0.2, 0.25) is 0 Å². The normalized spacial score (nSPS) is 13.9. The summed E-state index contributed by atoms with van der Waals surface area (Å²) in [6.07, 6.45) is 0.165. The van der Waals surface area contributed by atoms with Crippen molar-refractivity contribution in [2.24, 2.45) is 5.92 Å². The molecular weight excluding hydrogens is 254 g/mol. The van der Waals surface area contributed by atoms with Gasteiger partial charge in [0.1, 0.15) is 5.75 Å². The molecule has 0 spiro atoms. The van der Waals surface area contributed by atoms with E-state index in [4.69, 9.17) is 4.74 Å². The summed E-state index contributed by atoms with van der Waals surface area (Å²) in [5, 5.41) is 12.1. The number of hydrogen-bond donors (Lipinski definition) is 2. The number of aliphatic hydroxyl groups excluding tert-OH is 1. The molecule has 1 aromatic carbocycles. The molecule has 0 aliphatic carbocycles. The summed E-state index contributed by atoms with van der Waals surface area (Å²) in [7, 11) is 0. The number of hydrogen-bond acceptors (Lipinski definition) is 3. The number of aliphatic hydroxyl groups is 1. The van der Waals surface area contributed by atoms with E-state index >= 15 is 0 Å². The molecule has 20 heavy (non-hydrogen) atoms. The Morgan fingerprint density at radius 2 is 1.85 bits per heavy atom. The summed E-state index contributed by atoms with van der Waals surface area (Å²) in [6.45, 7) is 7.76. The minimum absolute atomic E-state index is 0.0544. The van der Waals surface area contributed by atoms with E-state index in [0.717, 1.165) is 12.0 Å². The molecule has 0 aliphatic heterocycles. The molecule has 0 saturated carbocycles.